The highest BCUT2D eigenvalue weighted by Crippen LogP contribution is 2.26. The molecule has 1 aromatic rings. The Kier molecular flexibility index (Phi) is 4.99. The molecule has 2 rings (SSSR count). The summed E-state index contributed by atoms with van der Waals surface area (Å²) in [6.07, 6.45) is 3.87. The molecule has 0 aliphatic heterocycles. The van der Waals surface area contributed by atoms with Crippen LogP contribution in [0.1, 0.15) is 36.0 Å². The first kappa shape index (κ1) is 15.3. The van der Waals surface area contributed by atoms with Gasteiger partial charge in [0, 0.05) is 23.0 Å². The van der Waals surface area contributed by atoms with E-state index in [4.69, 9.17) is 5.73 Å². The molecule has 0 bridgehead atoms. The number of anilines is 1. The Labute approximate surface area is 125 Å². The van der Waals surface area contributed by atoms with Crippen LogP contribution in [-0.2, 0) is 0 Å². The summed E-state index contributed by atoms with van der Waals surface area (Å²) in [7, 11) is 0. The molecule has 1 saturated carbocycles. The maximum absolute atomic E-state index is 13.3. The van der Waals surface area contributed by atoms with Crippen LogP contribution < -0.4 is 11.1 Å². The van der Waals surface area contributed by atoms with Crippen LogP contribution in [0.5, 0.6) is 0 Å². The van der Waals surface area contributed by atoms with Crippen molar-refractivity contribution in [1.29, 1.82) is 0 Å². The van der Waals surface area contributed by atoms with E-state index in [2.05, 4.69) is 21.2 Å². The zero-order chi connectivity index (χ0) is 14.7. The Morgan fingerprint density at radius 2 is 2.15 bits per heavy atom. The van der Waals surface area contributed by atoms with E-state index in [9.17, 15) is 14.3 Å². The molecule has 1 aliphatic rings. The number of halogens is 2. The van der Waals surface area contributed by atoms with E-state index in [1.165, 1.54) is 12.1 Å². The van der Waals surface area contributed by atoms with E-state index in [1.54, 1.807) is 0 Å². The van der Waals surface area contributed by atoms with Gasteiger partial charge in [0.15, 0.2) is 0 Å². The number of aliphatic hydroxyl groups is 1. The average molecular weight is 345 g/mol. The van der Waals surface area contributed by atoms with Gasteiger partial charge in [-0.15, -0.1) is 0 Å². The lowest BCUT2D eigenvalue weighted by Gasteiger charge is -2.31. The molecule has 2 unspecified atom stereocenters. The average Bonchev–Trinajstić information content (AvgIpc) is 2.43. The highest BCUT2D eigenvalue weighted by Gasteiger charge is 2.26. The summed E-state index contributed by atoms with van der Waals surface area (Å²) in [4.78, 5) is 12.3. The number of amides is 1. The third-order valence-corrected chi connectivity index (χ3v) is 4.45. The third kappa shape index (κ3) is 3.30. The number of benzene rings is 1. The molecule has 4 N–H and O–H groups in total. The molecular formula is C14H18BrFN2O2. The summed E-state index contributed by atoms with van der Waals surface area (Å²) in [5, 5.41) is 12.3. The van der Waals surface area contributed by atoms with Gasteiger partial charge in [-0.1, -0.05) is 12.8 Å². The van der Waals surface area contributed by atoms with Gasteiger partial charge in [-0.05, 0) is 40.9 Å². The van der Waals surface area contributed by atoms with Crippen LogP contribution in [0, 0.1) is 11.7 Å². The molecule has 0 saturated heterocycles. The van der Waals surface area contributed by atoms with Gasteiger partial charge in [-0.2, -0.15) is 0 Å². The van der Waals surface area contributed by atoms with Gasteiger partial charge in [0.25, 0.3) is 5.91 Å². The monoisotopic (exact) mass is 344 g/mol. The van der Waals surface area contributed by atoms with Crippen LogP contribution in [-0.4, -0.2) is 23.7 Å². The Morgan fingerprint density at radius 1 is 1.45 bits per heavy atom. The molecule has 1 aromatic carbocycles. The van der Waals surface area contributed by atoms with E-state index >= 15 is 0 Å². The summed E-state index contributed by atoms with van der Waals surface area (Å²) in [6, 6.07) is 2.47. The van der Waals surface area contributed by atoms with Crippen LogP contribution in [0.4, 0.5) is 10.1 Å². The Morgan fingerprint density at radius 3 is 2.85 bits per heavy atom. The van der Waals surface area contributed by atoms with Crippen molar-refractivity contribution in [2.75, 3.05) is 12.3 Å². The summed E-state index contributed by atoms with van der Waals surface area (Å²) >= 11 is 3.17. The van der Waals surface area contributed by atoms with Crippen molar-refractivity contribution in [1.82, 2.24) is 5.32 Å². The standard InChI is InChI=1S/C14H18BrFN2O2/c15-10-6-11(16)12(17)5-9(10)14(20)18-13-4-2-1-3-8(13)7-19/h5-6,8,13,19H,1-4,7,17H2,(H,18,20). The molecule has 1 fully saturated rings. The van der Waals surface area contributed by atoms with E-state index in [-0.39, 0.29) is 30.2 Å². The van der Waals surface area contributed by atoms with Crippen molar-refractivity contribution < 1.29 is 14.3 Å². The molecule has 0 heterocycles. The number of carbonyl (C=O) groups is 1. The second-order valence-corrected chi connectivity index (χ2v) is 6.01. The predicted octanol–water partition coefficient (Wildman–Crippen LogP) is 2.45. The minimum atomic E-state index is -0.556. The fraction of sp³-hybridized carbons (Fsp3) is 0.500. The van der Waals surface area contributed by atoms with Gasteiger partial charge < -0.3 is 16.2 Å². The Hall–Kier alpha value is -1.14. The predicted molar refractivity (Wildman–Crippen MR) is 78.8 cm³/mol. The fourth-order valence-electron chi connectivity index (χ4n) is 2.60. The number of rotatable bonds is 3. The summed E-state index contributed by atoms with van der Waals surface area (Å²) in [6.45, 7) is 0.0671. The summed E-state index contributed by atoms with van der Waals surface area (Å²) in [5.74, 6) is -0.766. The first-order chi connectivity index (χ1) is 9.52. The topological polar surface area (TPSA) is 75.4 Å². The van der Waals surface area contributed by atoms with Gasteiger partial charge in [0.1, 0.15) is 5.82 Å². The zero-order valence-corrected chi connectivity index (χ0v) is 12.6. The van der Waals surface area contributed by atoms with E-state index in [1.807, 2.05) is 0 Å². The lowest BCUT2D eigenvalue weighted by molar-refractivity contribution is 0.0872. The summed E-state index contributed by atoms with van der Waals surface area (Å²) < 4.78 is 13.7. The SMILES string of the molecule is Nc1cc(C(=O)NC2CCCCC2CO)c(Br)cc1F. The molecule has 20 heavy (non-hydrogen) atoms. The van der Waals surface area contributed by atoms with Crippen LogP contribution in [0.3, 0.4) is 0 Å². The van der Waals surface area contributed by atoms with Crippen LogP contribution in [0.2, 0.25) is 0 Å². The van der Waals surface area contributed by atoms with Gasteiger partial charge in [0.05, 0.1) is 11.3 Å². The van der Waals surface area contributed by atoms with Crippen molar-refractivity contribution in [2.45, 2.75) is 31.7 Å². The van der Waals surface area contributed by atoms with Crippen LogP contribution in [0.25, 0.3) is 0 Å². The first-order valence-electron chi connectivity index (χ1n) is 6.69. The van der Waals surface area contributed by atoms with Gasteiger partial charge in [0.2, 0.25) is 0 Å². The van der Waals surface area contributed by atoms with Crippen molar-refractivity contribution in [2.24, 2.45) is 5.92 Å². The van der Waals surface area contributed by atoms with Gasteiger partial charge in [-0.3, -0.25) is 4.79 Å². The van der Waals surface area contributed by atoms with Crippen LogP contribution >= 0.6 is 15.9 Å². The minimum Gasteiger partial charge on any atom is -0.396 e. The lowest BCUT2D eigenvalue weighted by Crippen LogP contribution is -2.43. The maximum Gasteiger partial charge on any atom is 0.252 e. The van der Waals surface area contributed by atoms with Crippen LogP contribution in [0.15, 0.2) is 16.6 Å². The van der Waals surface area contributed by atoms with Gasteiger partial charge in [-0.25, -0.2) is 4.39 Å². The minimum absolute atomic E-state index is 0.0422. The molecule has 1 amide bonds. The summed E-state index contributed by atoms with van der Waals surface area (Å²) in [5.41, 5.74) is 5.75. The van der Waals surface area contributed by atoms with Crippen molar-refractivity contribution in [3.8, 4) is 0 Å². The second kappa shape index (κ2) is 6.54. The van der Waals surface area contributed by atoms with Gasteiger partial charge >= 0.3 is 0 Å². The third-order valence-electron chi connectivity index (χ3n) is 3.79. The van der Waals surface area contributed by atoms with Crippen molar-refractivity contribution in [3.63, 3.8) is 0 Å². The van der Waals surface area contributed by atoms with Crippen molar-refractivity contribution in [3.05, 3.63) is 28.0 Å². The Balaban J connectivity index is 2.13. The zero-order valence-electron chi connectivity index (χ0n) is 11.0. The Bertz CT molecular complexity index is 510. The number of carbonyl (C=O) groups excluding carboxylic acids is 1. The maximum atomic E-state index is 13.3. The number of hydrogen-bond donors (Lipinski definition) is 3. The molecular weight excluding hydrogens is 327 g/mol. The smallest absolute Gasteiger partial charge is 0.252 e. The van der Waals surface area contributed by atoms with E-state index in [0.717, 1.165) is 25.7 Å². The molecule has 1 aliphatic carbocycles. The second-order valence-electron chi connectivity index (χ2n) is 5.16. The molecule has 2 atom stereocenters. The number of nitrogens with one attached hydrogen (secondary N) is 1. The molecule has 0 spiro atoms. The fourth-order valence-corrected chi connectivity index (χ4v) is 3.10. The number of nitrogens with two attached hydrogens (primary N) is 1. The van der Waals surface area contributed by atoms with Crippen molar-refractivity contribution >= 4 is 27.5 Å². The number of aliphatic hydroxyl groups excluding tert-OH is 1. The molecule has 0 radical (unpaired) electrons. The molecule has 4 nitrogen and oxygen atoms in total. The molecule has 110 valence electrons. The number of nitrogen functional groups attached to an aromatic ring is 1. The van der Waals surface area contributed by atoms with E-state index in [0.29, 0.717) is 10.0 Å². The molecule has 6 heteroatoms. The quantitative estimate of drug-likeness (QED) is 0.737. The normalized spacial score (nSPS) is 22.6. The highest BCUT2D eigenvalue weighted by molar-refractivity contribution is 9.10. The lowest BCUT2D eigenvalue weighted by atomic mass is 9.85. The molecule has 0 aromatic heterocycles. The van der Waals surface area contributed by atoms with E-state index < -0.39 is 5.82 Å². The first-order valence-corrected chi connectivity index (χ1v) is 7.48. The largest absolute Gasteiger partial charge is 0.396 e. The highest BCUT2D eigenvalue weighted by atomic mass is 79.9. The number of hydrogen-bond acceptors (Lipinski definition) is 3.